The molecule has 2 heterocycles. The summed E-state index contributed by atoms with van der Waals surface area (Å²) in [6.07, 6.45) is 5.04. The highest BCUT2D eigenvalue weighted by Crippen LogP contribution is 2.24. The van der Waals surface area contributed by atoms with E-state index in [4.69, 9.17) is 4.42 Å². The number of sulfonamides is 1. The smallest absolute Gasteiger partial charge is 0.276 e. The van der Waals surface area contributed by atoms with Crippen molar-refractivity contribution in [3.05, 3.63) is 24.3 Å². The maximum absolute atomic E-state index is 11.2. The molecular formula is C16H22N4O3S2. The standard InChI is InChI=1S/C16H22N4O3S2/c1-25(21,22)19-14-7-5-13(6-8-14)15-17-18-16(23-15)24-12-11-20-9-3-2-4-10-20/h5-8,19H,2-4,9-12H2,1H3. The number of piperidine rings is 1. The van der Waals surface area contributed by atoms with E-state index >= 15 is 0 Å². The highest BCUT2D eigenvalue weighted by Gasteiger charge is 2.12. The van der Waals surface area contributed by atoms with Crippen LogP contribution in [0, 0.1) is 0 Å². The van der Waals surface area contributed by atoms with Gasteiger partial charge in [-0.15, -0.1) is 10.2 Å². The second-order valence-electron chi connectivity index (χ2n) is 6.08. The molecular weight excluding hydrogens is 360 g/mol. The number of likely N-dealkylation sites (tertiary alicyclic amines) is 1. The van der Waals surface area contributed by atoms with Crippen LogP contribution in [-0.4, -0.2) is 55.2 Å². The van der Waals surface area contributed by atoms with Gasteiger partial charge in [0.2, 0.25) is 15.9 Å². The van der Waals surface area contributed by atoms with Crippen LogP contribution in [0.5, 0.6) is 0 Å². The Morgan fingerprint density at radius 1 is 1.16 bits per heavy atom. The second-order valence-corrected chi connectivity index (χ2v) is 8.87. The van der Waals surface area contributed by atoms with E-state index in [-0.39, 0.29) is 0 Å². The van der Waals surface area contributed by atoms with Gasteiger partial charge in [0, 0.05) is 23.5 Å². The molecule has 2 aromatic rings. The Labute approximate surface area is 152 Å². The number of aromatic nitrogens is 2. The van der Waals surface area contributed by atoms with Gasteiger partial charge in [-0.05, 0) is 50.2 Å². The molecule has 136 valence electrons. The largest absolute Gasteiger partial charge is 0.411 e. The van der Waals surface area contributed by atoms with Crippen molar-refractivity contribution in [1.29, 1.82) is 0 Å². The van der Waals surface area contributed by atoms with Gasteiger partial charge >= 0.3 is 0 Å². The minimum atomic E-state index is -3.28. The number of nitrogens with one attached hydrogen (secondary N) is 1. The first-order chi connectivity index (χ1) is 12.0. The van der Waals surface area contributed by atoms with E-state index in [1.807, 2.05) is 0 Å². The van der Waals surface area contributed by atoms with Crippen molar-refractivity contribution in [2.24, 2.45) is 0 Å². The molecule has 0 saturated carbocycles. The topological polar surface area (TPSA) is 88.3 Å². The van der Waals surface area contributed by atoms with Gasteiger partial charge in [-0.3, -0.25) is 4.72 Å². The summed E-state index contributed by atoms with van der Waals surface area (Å²) >= 11 is 1.57. The average molecular weight is 383 g/mol. The molecule has 0 unspecified atom stereocenters. The van der Waals surface area contributed by atoms with Crippen molar-refractivity contribution in [2.75, 3.05) is 36.4 Å². The third-order valence-corrected chi connectivity index (χ3v) is 5.33. The van der Waals surface area contributed by atoms with Crippen LogP contribution in [0.25, 0.3) is 11.5 Å². The summed E-state index contributed by atoms with van der Waals surface area (Å²) in [5.41, 5.74) is 1.26. The molecule has 1 saturated heterocycles. The van der Waals surface area contributed by atoms with Crippen LogP contribution in [0.3, 0.4) is 0 Å². The quantitative estimate of drug-likeness (QED) is 0.737. The fraction of sp³-hybridized carbons (Fsp3) is 0.500. The summed E-state index contributed by atoms with van der Waals surface area (Å²) < 4.78 is 30.5. The van der Waals surface area contributed by atoms with Crippen molar-refractivity contribution in [3.63, 3.8) is 0 Å². The number of hydrogen-bond acceptors (Lipinski definition) is 7. The van der Waals surface area contributed by atoms with E-state index in [1.165, 1.54) is 32.4 Å². The lowest BCUT2D eigenvalue weighted by atomic mass is 10.1. The molecule has 1 aliphatic rings. The molecule has 1 N–H and O–H groups in total. The zero-order valence-corrected chi connectivity index (χ0v) is 15.8. The van der Waals surface area contributed by atoms with Gasteiger partial charge in [0.05, 0.1) is 6.26 Å². The molecule has 1 fully saturated rings. The minimum Gasteiger partial charge on any atom is -0.411 e. The predicted molar refractivity (Wildman–Crippen MR) is 99.2 cm³/mol. The van der Waals surface area contributed by atoms with Gasteiger partial charge in [0.25, 0.3) is 5.22 Å². The number of benzene rings is 1. The van der Waals surface area contributed by atoms with Gasteiger partial charge in [-0.1, -0.05) is 18.2 Å². The second kappa shape index (κ2) is 8.20. The van der Waals surface area contributed by atoms with Crippen LogP contribution in [0.15, 0.2) is 33.9 Å². The molecule has 7 nitrogen and oxygen atoms in total. The molecule has 1 aromatic heterocycles. The molecule has 1 aliphatic heterocycles. The summed E-state index contributed by atoms with van der Waals surface area (Å²) in [6, 6.07) is 6.85. The Morgan fingerprint density at radius 3 is 2.56 bits per heavy atom. The molecule has 0 amide bonds. The van der Waals surface area contributed by atoms with Gasteiger partial charge in [-0.2, -0.15) is 0 Å². The van der Waals surface area contributed by atoms with Gasteiger partial charge in [0.15, 0.2) is 0 Å². The maximum atomic E-state index is 11.2. The maximum Gasteiger partial charge on any atom is 0.276 e. The first kappa shape index (κ1) is 18.2. The Morgan fingerprint density at radius 2 is 1.88 bits per heavy atom. The van der Waals surface area contributed by atoms with Crippen LogP contribution >= 0.6 is 11.8 Å². The van der Waals surface area contributed by atoms with Crippen LogP contribution < -0.4 is 4.72 Å². The van der Waals surface area contributed by atoms with Crippen molar-refractivity contribution >= 4 is 27.5 Å². The minimum absolute atomic E-state index is 0.436. The third-order valence-electron chi connectivity index (χ3n) is 3.92. The zero-order valence-electron chi connectivity index (χ0n) is 14.1. The fourth-order valence-electron chi connectivity index (χ4n) is 2.72. The molecule has 0 spiro atoms. The van der Waals surface area contributed by atoms with Gasteiger partial charge in [0.1, 0.15) is 0 Å². The lowest BCUT2D eigenvalue weighted by Crippen LogP contribution is -2.31. The molecule has 0 aliphatic carbocycles. The fourth-order valence-corrected chi connectivity index (χ4v) is 4.05. The van der Waals surface area contributed by atoms with Crippen LogP contribution in [0.1, 0.15) is 19.3 Å². The molecule has 0 bridgehead atoms. The molecule has 25 heavy (non-hydrogen) atoms. The summed E-state index contributed by atoms with van der Waals surface area (Å²) in [5.74, 6) is 1.37. The number of thioether (sulfide) groups is 1. The molecule has 1 aromatic carbocycles. The number of anilines is 1. The SMILES string of the molecule is CS(=O)(=O)Nc1ccc(-c2nnc(SCCN3CCCCC3)o2)cc1. The third kappa shape index (κ3) is 5.72. The summed E-state index contributed by atoms with van der Waals surface area (Å²) in [5, 5.41) is 8.70. The molecule has 9 heteroatoms. The van der Waals surface area contributed by atoms with Crippen molar-refractivity contribution in [2.45, 2.75) is 24.5 Å². The van der Waals surface area contributed by atoms with Crippen molar-refractivity contribution < 1.29 is 12.8 Å². The van der Waals surface area contributed by atoms with Crippen LogP contribution in [0.2, 0.25) is 0 Å². The summed E-state index contributed by atoms with van der Waals surface area (Å²) in [4.78, 5) is 2.47. The number of hydrogen-bond donors (Lipinski definition) is 1. The predicted octanol–water partition coefficient (Wildman–Crippen LogP) is 2.69. The van der Waals surface area contributed by atoms with E-state index in [0.717, 1.165) is 24.1 Å². The van der Waals surface area contributed by atoms with Crippen molar-refractivity contribution in [1.82, 2.24) is 15.1 Å². The molecule has 3 rings (SSSR count). The summed E-state index contributed by atoms with van der Waals surface area (Å²) in [7, 11) is -3.28. The van der Waals surface area contributed by atoms with E-state index < -0.39 is 10.0 Å². The summed E-state index contributed by atoms with van der Waals surface area (Å²) in [6.45, 7) is 3.40. The zero-order chi connectivity index (χ0) is 17.7. The van der Waals surface area contributed by atoms with E-state index in [1.54, 1.807) is 36.0 Å². The first-order valence-electron chi connectivity index (χ1n) is 8.26. The van der Waals surface area contributed by atoms with E-state index in [0.29, 0.717) is 16.8 Å². The number of nitrogens with zero attached hydrogens (tertiary/aromatic N) is 3. The van der Waals surface area contributed by atoms with E-state index in [2.05, 4.69) is 19.8 Å². The molecule has 0 radical (unpaired) electrons. The van der Waals surface area contributed by atoms with E-state index in [9.17, 15) is 8.42 Å². The van der Waals surface area contributed by atoms with Crippen molar-refractivity contribution in [3.8, 4) is 11.5 Å². The highest BCUT2D eigenvalue weighted by atomic mass is 32.2. The van der Waals surface area contributed by atoms with Crippen LogP contribution in [-0.2, 0) is 10.0 Å². The Balaban J connectivity index is 1.53. The molecule has 0 atom stereocenters. The Bertz CT molecular complexity index is 784. The highest BCUT2D eigenvalue weighted by molar-refractivity contribution is 7.99. The monoisotopic (exact) mass is 382 g/mol. The average Bonchev–Trinajstić information content (AvgIpc) is 3.04. The van der Waals surface area contributed by atoms with Gasteiger partial charge < -0.3 is 9.32 Å². The first-order valence-corrected chi connectivity index (χ1v) is 11.1. The lowest BCUT2D eigenvalue weighted by molar-refractivity contribution is 0.242. The lowest BCUT2D eigenvalue weighted by Gasteiger charge is -2.25. The Hall–Kier alpha value is -1.58. The van der Waals surface area contributed by atoms with Gasteiger partial charge in [-0.25, -0.2) is 8.42 Å². The number of rotatable bonds is 7. The normalized spacial score (nSPS) is 16.0. The van der Waals surface area contributed by atoms with Crippen LogP contribution in [0.4, 0.5) is 5.69 Å². The Kier molecular flexibility index (Phi) is 5.98.